The Hall–Kier alpha value is -4.00. The SMILES string of the molecule is CC[C@H](C)[C@H](NC(=O)[C@H](C)NC(=O)OCc1ccccc1)C(=O)N[C@@H](Cc1ccccc1)C(=O)NC(CO)(CO)CO. The molecule has 12 heteroatoms. The van der Waals surface area contributed by atoms with Gasteiger partial charge in [0.05, 0.1) is 19.8 Å². The van der Waals surface area contributed by atoms with Gasteiger partial charge in [0.2, 0.25) is 17.7 Å². The second-order valence-electron chi connectivity index (χ2n) is 10.3. The number of nitrogens with one attached hydrogen (secondary N) is 4. The molecule has 0 heterocycles. The number of hydrogen-bond acceptors (Lipinski definition) is 8. The summed E-state index contributed by atoms with van der Waals surface area (Å²) < 4.78 is 5.17. The molecule has 2 aromatic rings. The molecule has 230 valence electrons. The topological polar surface area (TPSA) is 186 Å². The van der Waals surface area contributed by atoms with E-state index in [1.165, 1.54) is 6.92 Å². The van der Waals surface area contributed by atoms with Gasteiger partial charge in [0.15, 0.2) is 0 Å². The van der Waals surface area contributed by atoms with E-state index < -0.39 is 67.3 Å². The summed E-state index contributed by atoms with van der Waals surface area (Å²) in [5.41, 5.74) is -0.199. The Kier molecular flexibility index (Phi) is 13.9. The van der Waals surface area contributed by atoms with Crippen molar-refractivity contribution in [2.75, 3.05) is 19.8 Å². The van der Waals surface area contributed by atoms with Crippen LogP contribution in [0.4, 0.5) is 4.79 Å². The molecule has 0 aliphatic heterocycles. The number of rotatable bonds is 16. The van der Waals surface area contributed by atoms with Gasteiger partial charge < -0.3 is 41.3 Å². The zero-order chi connectivity index (χ0) is 31.1. The van der Waals surface area contributed by atoms with Crippen LogP contribution in [0, 0.1) is 5.92 Å². The van der Waals surface area contributed by atoms with Crippen molar-refractivity contribution < 1.29 is 39.2 Å². The summed E-state index contributed by atoms with van der Waals surface area (Å²) >= 11 is 0. The molecule has 2 rings (SSSR count). The Labute approximate surface area is 245 Å². The first-order valence-corrected chi connectivity index (χ1v) is 13.8. The molecule has 2 aromatic carbocycles. The quantitative estimate of drug-likeness (QED) is 0.147. The van der Waals surface area contributed by atoms with Crippen molar-refractivity contribution in [1.29, 1.82) is 0 Å². The molecular weight excluding hydrogens is 544 g/mol. The summed E-state index contributed by atoms with van der Waals surface area (Å²) in [4.78, 5) is 52.0. The van der Waals surface area contributed by atoms with Crippen LogP contribution in [-0.4, -0.2) is 82.6 Å². The van der Waals surface area contributed by atoms with Crippen LogP contribution in [0.15, 0.2) is 60.7 Å². The van der Waals surface area contributed by atoms with Crippen LogP contribution in [0.25, 0.3) is 0 Å². The monoisotopic (exact) mass is 586 g/mol. The smallest absolute Gasteiger partial charge is 0.408 e. The third kappa shape index (κ3) is 10.4. The van der Waals surface area contributed by atoms with E-state index in [4.69, 9.17) is 4.74 Å². The highest BCUT2D eigenvalue weighted by molar-refractivity contribution is 5.94. The minimum Gasteiger partial charge on any atom is -0.445 e. The predicted octanol–water partition coefficient (Wildman–Crippen LogP) is 0.392. The molecule has 0 aliphatic carbocycles. The largest absolute Gasteiger partial charge is 0.445 e. The van der Waals surface area contributed by atoms with Crippen molar-refractivity contribution in [3.8, 4) is 0 Å². The van der Waals surface area contributed by atoms with Crippen molar-refractivity contribution in [1.82, 2.24) is 21.3 Å². The summed E-state index contributed by atoms with van der Waals surface area (Å²) in [6.07, 6.45) is -0.230. The average Bonchev–Trinajstić information content (AvgIpc) is 3.01. The second kappa shape index (κ2) is 17.1. The third-order valence-corrected chi connectivity index (χ3v) is 6.95. The summed E-state index contributed by atoms with van der Waals surface area (Å²) in [5, 5.41) is 39.2. The van der Waals surface area contributed by atoms with E-state index in [-0.39, 0.29) is 18.9 Å². The fourth-order valence-corrected chi connectivity index (χ4v) is 3.92. The molecule has 0 bridgehead atoms. The van der Waals surface area contributed by atoms with Crippen LogP contribution in [0.2, 0.25) is 0 Å². The number of hydrogen-bond donors (Lipinski definition) is 7. The lowest BCUT2D eigenvalue weighted by atomic mass is 9.96. The van der Waals surface area contributed by atoms with Crippen molar-refractivity contribution in [2.24, 2.45) is 5.92 Å². The van der Waals surface area contributed by atoms with Gasteiger partial charge in [-0.05, 0) is 24.0 Å². The van der Waals surface area contributed by atoms with Crippen LogP contribution < -0.4 is 21.3 Å². The molecule has 0 aromatic heterocycles. The van der Waals surface area contributed by atoms with E-state index in [0.717, 1.165) is 11.1 Å². The lowest BCUT2D eigenvalue weighted by molar-refractivity contribution is -0.134. The Morgan fingerprint density at radius 1 is 0.762 bits per heavy atom. The first-order chi connectivity index (χ1) is 20.1. The average molecular weight is 587 g/mol. The van der Waals surface area contributed by atoms with Crippen molar-refractivity contribution in [3.63, 3.8) is 0 Å². The molecule has 12 nitrogen and oxygen atoms in total. The Morgan fingerprint density at radius 2 is 1.31 bits per heavy atom. The minimum absolute atomic E-state index is 0.0217. The van der Waals surface area contributed by atoms with E-state index in [1.807, 2.05) is 25.1 Å². The minimum atomic E-state index is -1.70. The van der Waals surface area contributed by atoms with Gasteiger partial charge in [0, 0.05) is 6.42 Å². The number of benzene rings is 2. The molecule has 0 fully saturated rings. The molecule has 4 amide bonds. The van der Waals surface area contributed by atoms with Crippen LogP contribution in [0.1, 0.15) is 38.3 Å². The summed E-state index contributed by atoms with van der Waals surface area (Å²) in [6, 6.07) is 14.6. The number of carbonyl (C=O) groups excluding carboxylic acids is 4. The molecule has 0 unspecified atom stereocenters. The van der Waals surface area contributed by atoms with Crippen molar-refractivity contribution in [2.45, 2.75) is 63.9 Å². The van der Waals surface area contributed by atoms with Gasteiger partial charge in [-0.2, -0.15) is 0 Å². The van der Waals surface area contributed by atoms with Crippen LogP contribution in [0.5, 0.6) is 0 Å². The van der Waals surface area contributed by atoms with Gasteiger partial charge in [-0.3, -0.25) is 14.4 Å². The molecule has 0 saturated heterocycles. The second-order valence-corrected chi connectivity index (χ2v) is 10.3. The van der Waals surface area contributed by atoms with Gasteiger partial charge in [-0.25, -0.2) is 4.79 Å². The fourth-order valence-electron chi connectivity index (χ4n) is 3.92. The third-order valence-electron chi connectivity index (χ3n) is 6.95. The number of amides is 4. The first kappa shape index (κ1) is 34.2. The summed E-state index contributed by atoms with van der Waals surface area (Å²) in [6.45, 7) is 2.87. The highest BCUT2D eigenvalue weighted by Gasteiger charge is 2.35. The summed E-state index contributed by atoms with van der Waals surface area (Å²) in [7, 11) is 0. The van der Waals surface area contributed by atoms with Crippen molar-refractivity contribution >= 4 is 23.8 Å². The lowest BCUT2D eigenvalue weighted by Gasteiger charge is -2.32. The van der Waals surface area contributed by atoms with Gasteiger partial charge in [-0.1, -0.05) is 80.9 Å². The normalized spacial score (nSPS) is 14.0. The van der Waals surface area contributed by atoms with E-state index in [1.54, 1.807) is 49.4 Å². The lowest BCUT2D eigenvalue weighted by Crippen LogP contribution is -2.63. The Morgan fingerprint density at radius 3 is 1.83 bits per heavy atom. The maximum Gasteiger partial charge on any atom is 0.408 e. The van der Waals surface area contributed by atoms with Crippen LogP contribution in [0.3, 0.4) is 0 Å². The molecule has 4 atom stereocenters. The van der Waals surface area contributed by atoms with Crippen molar-refractivity contribution in [3.05, 3.63) is 71.8 Å². The Balaban J connectivity index is 2.13. The standard InChI is InChI=1S/C30H42N4O8/c1-4-20(2)25(33-26(38)21(3)31-29(41)42-16-23-13-9-6-10-14-23)28(40)32-24(15-22-11-7-5-8-12-22)27(39)34-30(17-35,18-36)19-37/h5-14,20-21,24-25,35-37H,4,15-19H2,1-3H3,(H,31,41)(H,32,40)(H,33,38)(H,34,39)/t20-,21-,24-,25-/m0/s1. The van der Waals surface area contributed by atoms with Crippen LogP contribution in [-0.2, 0) is 32.1 Å². The fraction of sp³-hybridized carbons (Fsp3) is 0.467. The predicted molar refractivity (Wildman–Crippen MR) is 155 cm³/mol. The number of aliphatic hydroxyl groups is 3. The van der Waals surface area contributed by atoms with E-state index in [9.17, 15) is 34.5 Å². The van der Waals surface area contributed by atoms with Gasteiger partial charge in [0.1, 0.15) is 30.3 Å². The molecule has 7 N–H and O–H groups in total. The molecule has 0 saturated carbocycles. The number of alkyl carbamates (subject to hydrolysis) is 1. The van der Waals surface area contributed by atoms with Crippen LogP contribution >= 0.6 is 0 Å². The molecule has 0 aliphatic rings. The molecule has 42 heavy (non-hydrogen) atoms. The zero-order valence-corrected chi connectivity index (χ0v) is 24.2. The van der Waals surface area contributed by atoms with E-state index >= 15 is 0 Å². The highest BCUT2D eigenvalue weighted by Crippen LogP contribution is 2.12. The van der Waals surface area contributed by atoms with E-state index in [2.05, 4.69) is 21.3 Å². The van der Waals surface area contributed by atoms with E-state index in [0.29, 0.717) is 6.42 Å². The highest BCUT2D eigenvalue weighted by atomic mass is 16.5. The molecular formula is C30H42N4O8. The number of carbonyl (C=O) groups is 4. The maximum absolute atomic E-state index is 13.5. The first-order valence-electron chi connectivity index (χ1n) is 13.8. The molecule has 0 radical (unpaired) electrons. The number of aliphatic hydroxyl groups excluding tert-OH is 3. The zero-order valence-electron chi connectivity index (χ0n) is 24.2. The van der Waals surface area contributed by atoms with Gasteiger partial charge in [0.25, 0.3) is 0 Å². The van der Waals surface area contributed by atoms with Gasteiger partial charge in [-0.15, -0.1) is 0 Å². The number of ether oxygens (including phenoxy) is 1. The summed E-state index contributed by atoms with van der Waals surface area (Å²) in [5.74, 6) is -2.36. The van der Waals surface area contributed by atoms with Gasteiger partial charge >= 0.3 is 6.09 Å². The Bertz CT molecular complexity index is 1140. The maximum atomic E-state index is 13.5. The molecule has 0 spiro atoms.